The van der Waals surface area contributed by atoms with Crippen LogP contribution in [0.15, 0.2) is 0 Å². The molecule has 0 aromatic heterocycles. The predicted molar refractivity (Wildman–Crippen MR) is 59.9 cm³/mol. The van der Waals surface area contributed by atoms with Crippen LogP contribution in [0.3, 0.4) is 0 Å². The maximum atomic E-state index is 13.4. The zero-order valence-electron chi connectivity index (χ0n) is 9.59. The van der Waals surface area contributed by atoms with Crippen molar-refractivity contribution in [2.45, 2.75) is 35.9 Å². The lowest BCUT2D eigenvalue weighted by atomic mass is 9.52. The Morgan fingerprint density at radius 1 is 1.18 bits per heavy atom. The van der Waals surface area contributed by atoms with Crippen LogP contribution in [0.2, 0.25) is 5.21 Å². The third-order valence-electron chi connectivity index (χ3n) is 4.54. The molecule has 3 nitrogen and oxygen atoms in total. The third-order valence-corrected chi connectivity index (χ3v) is 4.54. The summed E-state index contributed by atoms with van der Waals surface area (Å²) in [6, 6.07) is 0. The summed E-state index contributed by atoms with van der Waals surface area (Å²) in [5, 5.41) is -0.829. The van der Waals surface area contributed by atoms with E-state index in [2.05, 4.69) is 0 Å². The van der Waals surface area contributed by atoms with Crippen molar-refractivity contribution in [2.24, 2.45) is 11.3 Å². The van der Waals surface area contributed by atoms with Crippen molar-refractivity contribution < 1.29 is 13.6 Å². The van der Waals surface area contributed by atoms with Crippen LogP contribution >= 0.6 is 0 Å². The van der Waals surface area contributed by atoms with E-state index in [1.54, 1.807) is 0 Å². The van der Waals surface area contributed by atoms with Gasteiger partial charge in [0, 0.05) is 18.5 Å². The molecule has 2 aliphatic heterocycles. The Kier molecular flexibility index (Phi) is 2.15. The average Bonchev–Trinajstić information content (AvgIpc) is 2.41. The molecule has 2 saturated heterocycles. The highest BCUT2D eigenvalue weighted by atomic mass is 19.3. The second-order valence-electron chi connectivity index (χ2n) is 6.14. The first-order valence-corrected chi connectivity index (χ1v) is 5.77. The molecule has 17 heavy (non-hydrogen) atoms. The van der Waals surface area contributed by atoms with Gasteiger partial charge in [0.2, 0.25) is 0 Å². The molecule has 1 saturated carbocycles. The molecule has 0 amide bonds. The maximum Gasteiger partial charge on any atom is 0.255 e. The minimum atomic E-state index is -2.55. The van der Waals surface area contributed by atoms with E-state index in [4.69, 9.17) is 26.4 Å². The number of hydrogen-bond acceptors (Lipinski definition) is 3. The predicted octanol–water partition coefficient (Wildman–Crippen LogP) is 0.203. The number of rotatable bonds is 2. The first-order valence-electron chi connectivity index (χ1n) is 5.77. The van der Waals surface area contributed by atoms with Crippen molar-refractivity contribution in [3.8, 4) is 0 Å². The molecular formula is C10H14B2F2N2O. The van der Waals surface area contributed by atoms with Gasteiger partial charge in [-0.2, -0.15) is 0 Å². The van der Waals surface area contributed by atoms with E-state index < -0.39 is 22.1 Å². The van der Waals surface area contributed by atoms with E-state index in [1.165, 1.54) is 0 Å². The number of nitrogens with zero attached hydrogens (tertiary/aromatic N) is 1. The van der Waals surface area contributed by atoms with Crippen LogP contribution in [0.5, 0.6) is 0 Å². The molecule has 3 fully saturated rings. The van der Waals surface area contributed by atoms with Gasteiger partial charge in [0.25, 0.3) is 5.92 Å². The molecule has 3 aliphatic rings. The topological polar surface area (TPSA) is 38.5 Å². The molecule has 2 N–H and O–H groups in total. The number of alkyl halides is 2. The highest BCUT2D eigenvalue weighted by Crippen LogP contribution is 2.70. The fourth-order valence-corrected chi connectivity index (χ4v) is 3.85. The normalized spacial score (nSPS) is 46.3. The summed E-state index contributed by atoms with van der Waals surface area (Å²) in [5.41, 5.74) is -1.39. The smallest absolute Gasteiger partial charge is 0.255 e. The minimum absolute atomic E-state index is 0.0367. The van der Waals surface area contributed by atoms with Crippen LogP contribution in [-0.4, -0.2) is 51.8 Å². The lowest BCUT2D eigenvalue weighted by Crippen LogP contribution is -2.43. The molecule has 90 valence electrons. The zero-order valence-corrected chi connectivity index (χ0v) is 9.59. The Morgan fingerprint density at radius 2 is 1.82 bits per heavy atom. The minimum Gasteiger partial charge on any atom is -0.303 e. The Hall–Kier alpha value is -0.130. The first kappa shape index (κ1) is 11.9. The van der Waals surface area contributed by atoms with Gasteiger partial charge in [-0.1, -0.05) is 5.21 Å². The molecule has 0 aromatic rings. The summed E-state index contributed by atoms with van der Waals surface area (Å²) < 4.78 is 26.9. The van der Waals surface area contributed by atoms with Gasteiger partial charge in [0.15, 0.2) is 0 Å². The van der Waals surface area contributed by atoms with Gasteiger partial charge in [-0.25, -0.2) is 14.7 Å². The Morgan fingerprint density at radius 3 is 2.35 bits per heavy atom. The molecule has 1 aliphatic carbocycles. The fraction of sp³-hybridized carbons (Fsp3) is 1.00. The van der Waals surface area contributed by atoms with E-state index in [-0.39, 0.29) is 13.0 Å². The van der Waals surface area contributed by atoms with Gasteiger partial charge in [0.1, 0.15) is 0 Å². The third kappa shape index (κ3) is 1.52. The van der Waals surface area contributed by atoms with Crippen LogP contribution in [0.4, 0.5) is 8.78 Å². The van der Waals surface area contributed by atoms with Crippen molar-refractivity contribution in [2.75, 3.05) is 19.7 Å². The molecule has 2 atom stereocenters. The van der Waals surface area contributed by atoms with Crippen molar-refractivity contribution in [3.05, 3.63) is 0 Å². The number of halogens is 2. The highest BCUT2D eigenvalue weighted by molar-refractivity contribution is 6.40. The summed E-state index contributed by atoms with van der Waals surface area (Å²) in [6.07, 6.45) is 0.792. The molecule has 4 radical (unpaired) electrons. The SMILES string of the molecule is [B]C1([B])CN2CC3(CC2(CON)C1)CC3(F)F. The molecule has 3 rings (SSSR count). The lowest BCUT2D eigenvalue weighted by molar-refractivity contribution is 0.0329. The highest BCUT2D eigenvalue weighted by Gasteiger charge is 2.77. The summed E-state index contributed by atoms with van der Waals surface area (Å²) in [4.78, 5) is 6.66. The molecule has 2 unspecified atom stereocenters. The van der Waals surface area contributed by atoms with Gasteiger partial charge < -0.3 is 4.84 Å². The van der Waals surface area contributed by atoms with Crippen LogP contribution < -0.4 is 5.90 Å². The van der Waals surface area contributed by atoms with Gasteiger partial charge in [-0.3, -0.25) is 4.90 Å². The second-order valence-corrected chi connectivity index (χ2v) is 6.14. The first-order chi connectivity index (χ1) is 7.74. The van der Waals surface area contributed by atoms with Crippen LogP contribution in [-0.2, 0) is 4.84 Å². The van der Waals surface area contributed by atoms with Crippen LogP contribution in [0, 0.1) is 5.41 Å². The summed E-state index contributed by atoms with van der Waals surface area (Å²) in [7, 11) is 11.8. The van der Waals surface area contributed by atoms with E-state index >= 15 is 0 Å². The quantitative estimate of drug-likeness (QED) is 0.551. The van der Waals surface area contributed by atoms with Gasteiger partial charge >= 0.3 is 0 Å². The molecule has 1 spiro atoms. The van der Waals surface area contributed by atoms with Gasteiger partial charge in [0.05, 0.1) is 27.7 Å². The molecule has 7 heteroatoms. The monoisotopic (exact) mass is 238 g/mol. The molecule has 2 heterocycles. The van der Waals surface area contributed by atoms with Gasteiger partial charge in [-0.05, 0) is 19.4 Å². The number of fused-ring (bicyclic) bond motifs is 1. The molecule has 0 bridgehead atoms. The van der Waals surface area contributed by atoms with E-state index in [9.17, 15) is 8.78 Å². The van der Waals surface area contributed by atoms with Crippen LogP contribution in [0.25, 0.3) is 0 Å². The zero-order chi connectivity index (χ0) is 12.5. The van der Waals surface area contributed by atoms with E-state index in [0.717, 1.165) is 0 Å². The average molecular weight is 238 g/mol. The standard InChI is InChI=1S/C10H14B2F2N2O/c11-9(12)3-8(6-17-15)1-7(2-10(7,13)14)4-16(8)5-9/h1-6,15H2. The summed E-state index contributed by atoms with van der Waals surface area (Å²) in [6.45, 7) is 0.981. The van der Waals surface area contributed by atoms with E-state index in [1.807, 2.05) is 4.90 Å². The van der Waals surface area contributed by atoms with Gasteiger partial charge in [-0.15, -0.1) is 0 Å². The van der Waals surface area contributed by atoms with Crippen molar-refractivity contribution in [1.82, 2.24) is 4.90 Å². The van der Waals surface area contributed by atoms with Crippen LogP contribution in [0.1, 0.15) is 19.3 Å². The number of hydrogen-bond donors (Lipinski definition) is 1. The van der Waals surface area contributed by atoms with Crippen molar-refractivity contribution in [1.29, 1.82) is 0 Å². The van der Waals surface area contributed by atoms with Crippen molar-refractivity contribution >= 4 is 15.7 Å². The second kappa shape index (κ2) is 3.06. The Bertz CT molecular complexity index is 368. The number of nitrogens with two attached hydrogens (primary N) is 1. The van der Waals surface area contributed by atoms with E-state index in [0.29, 0.717) is 25.9 Å². The summed E-state index contributed by atoms with van der Waals surface area (Å²) in [5.74, 6) is 2.58. The Labute approximate surface area is 102 Å². The largest absolute Gasteiger partial charge is 0.303 e. The Balaban J connectivity index is 1.86. The van der Waals surface area contributed by atoms with Crippen molar-refractivity contribution in [3.63, 3.8) is 0 Å². The summed E-state index contributed by atoms with van der Waals surface area (Å²) >= 11 is 0. The fourth-order valence-electron chi connectivity index (χ4n) is 3.85. The lowest BCUT2D eigenvalue weighted by Gasteiger charge is -2.31. The molecule has 0 aromatic carbocycles. The molecular weight excluding hydrogens is 224 g/mol. The maximum absolute atomic E-state index is 13.4.